The van der Waals surface area contributed by atoms with E-state index in [0.717, 1.165) is 18.5 Å². The molecule has 8 nitrogen and oxygen atoms in total. The summed E-state index contributed by atoms with van der Waals surface area (Å²) >= 11 is 0. The fourth-order valence-electron chi connectivity index (χ4n) is 2.58. The second-order valence-corrected chi connectivity index (χ2v) is 6.21. The molecule has 8 heteroatoms. The molecule has 1 saturated carbocycles. The first kappa shape index (κ1) is 16.2. The van der Waals surface area contributed by atoms with Gasteiger partial charge < -0.3 is 20.3 Å². The Morgan fingerprint density at radius 2 is 2.12 bits per heavy atom. The van der Waals surface area contributed by atoms with E-state index in [1.807, 2.05) is 6.07 Å². The largest absolute Gasteiger partial charge is 0.373 e. The summed E-state index contributed by atoms with van der Waals surface area (Å²) in [5.74, 6) is 0.467. The van der Waals surface area contributed by atoms with E-state index in [2.05, 4.69) is 25.6 Å². The van der Waals surface area contributed by atoms with Crippen LogP contribution in [-0.4, -0.2) is 36.8 Å². The van der Waals surface area contributed by atoms with Crippen LogP contribution in [0.3, 0.4) is 0 Å². The molecule has 0 radical (unpaired) electrons. The van der Waals surface area contributed by atoms with Crippen molar-refractivity contribution in [2.45, 2.75) is 19.1 Å². The minimum Gasteiger partial charge on any atom is -0.373 e. The first-order chi connectivity index (χ1) is 12.7. The molecule has 3 aromatic heterocycles. The standard InChI is InChI=1S/C18H18N6O2/c25-17(12-1-2-12)23-16-7-13(3-4-21-16)18(26)22-14-8-15(10-20-9-14)24-6-5-19-11-24/h3-12,17,25H,1-2H2,(H,21,23)(H,22,26). The molecule has 4 rings (SSSR count). The third kappa shape index (κ3) is 3.70. The normalized spacial score (nSPS) is 14.7. The molecular weight excluding hydrogens is 332 g/mol. The number of hydrogen-bond donors (Lipinski definition) is 3. The zero-order chi connectivity index (χ0) is 17.9. The summed E-state index contributed by atoms with van der Waals surface area (Å²) in [6, 6.07) is 5.05. The average Bonchev–Trinajstić information content (AvgIpc) is 3.37. The van der Waals surface area contributed by atoms with Crippen molar-refractivity contribution in [3.05, 3.63) is 61.1 Å². The summed E-state index contributed by atoms with van der Waals surface area (Å²) in [5.41, 5.74) is 1.81. The zero-order valence-corrected chi connectivity index (χ0v) is 13.9. The number of aliphatic hydroxyl groups excluding tert-OH is 1. The lowest BCUT2D eigenvalue weighted by molar-refractivity contribution is 0.102. The summed E-state index contributed by atoms with van der Waals surface area (Å²) in [6.07, 6.45) is 11.3. The number of rotatable bonds is 6. The molecule has 1 amide bonds. The lowest BCUT2D eigenvalue weighted by Crippen LogP contribution is -2.22. The van der Waals surface area contributed by atoms with E-state index in [0.29, 0.717) is 17.1 Å². The highest BCUT2D eigenvalue weighted by Crippen LogP contribution is 2.32. The lowest BCUT2D eigenvalue weighted by Gasteiger charge is -2.13. The molecule has 132 valence electrons. The Labute approximate surface area is 149 Å². The van der Waals surface area contributed by atoms with Crippen LogP contribution in [0.4, 0.5) is 11.5 Å². The molecule has 1 aliphatic carbocycles. The lowest BCUT2D eigenvalue weighted by atomic mass is 10.2. The second-order valence-electron chi connectivity index (χ2n) is 6.21. The van der Waals surface area contributed by atoms with Gasteiger partial charge in [0.2, 0.25) is 0 Å². The highest BCUT2D eigenvalue weighted by atomic mass is 16.3. The molecule has 1 unspecified atom stereocenters. The van der Waals surface area contributed by atoms with Crippen LogP contribution in [-0.2, 0) is 0 Å². The summed E-state index contributed by atoms with van der Waals surface area (Å²) in [5, 5.41) is 15.7. The van der Waals surface area contributed by atoms with E-state index in [1.165, 1.54) is 6.20 Å². The molecule has 3 heterocycles. The Bertz CT molecular complexity index is 908. The molecule has 0 aliphatic heterocycles. The van der Waals surface area contributed by atoms with Crippen molar-refractivity contribution < 1.29 is 9.90 Å². The fourth-order valence-corrected chi connectivity index (χ4v) is 2.58. The molecular formula is C18H18N6O2. The van der Waals surface area contributed by atoms with E-state index in [-0.39, 0.29) is 11.8 Å². The van der Waals surface area contributed by atoms with Crippen molar-refractivity contribution in [2.75, 3.05) is 10.6 Å². The molecule has 0 bridgehead atoms. The predicted octanol–water partition coefficient (Wildman–Crippen LogP) is 2.05. The second kappa shape index (κ2) is 6.93. The number of nitrogens with one attached hydrogen (secondary N) is 2. The van der Waals surface area contributed by atoms with Gasteiger partial charge in [-0.15, -0.1) is 0 Å². The van der Waals surface area contributed by atoms with Crippen LogP contribution < -0.4 is 10.6 Å². The first-order valence-electron chi connectivity index (χ1n) is 8.34. The van der Waals surface area contributed by atoms with Gasteiger partial charge in [0.05, 0.1) is 30.1 Å². The highest BCUT2D eigenvalue weighted by Gasteiger charge is 2.29. The number of imidazole rings is 1. The Hall–Kier alpha value is -3.26. The predicted molar refractivity (Wildman–Crippen MR) is 95.9 cm³/mol. The fraction of sp³-hybridized carbons (Fsp3) is 0.222. The molecule has 0 spiro atoms. The number of amides is 1. The van der Waals surface area contributed by atoms with E-state index in [1.54, 1.807) is 47.8 Å². The number of carbonyl (C=O) groups is 1. The van der Waals surface area contributed by atoms with Gasteiger partial charge in [-0.3, -0.25) is 9.78 Å². The highest BCUT2D eigenvalue weighted by molar-refractivity contribution is 6.04. The molecule has 0 aromatic carbocycles. The van der Waals surface area contributed by atoms with Crippen molar-refractivity contribution in [3.63, 3.8) is 0 Å². The van der Waals surface area contributed by atoms with Gasteiger partial charge >= 0.3 is 0 Å². The Kier molecular flexibility index (Phi) is 4.32. The van der Waals surface area contributed by atoms with Gasteiger partial charge in [-0.2, -0.15) is 0 Å². The average molecular weight is 350 g/mol. The van der Waals surface area contributed by atoms with Crippen LogP contribution in [0.25, 0.3) is 5.69 Å². The summed E-state index contributed by atoms with van der Waals surface area (Å²) in [4.78, 5) is 24.8. The Morgan fingerprint density at radius 1 is 1.23 bits per heavy atom. The van der Waals surface area contributed by atoms with Crippen molar-refractivity contribution in [3.8, 4) is 5.69 Å². The molecule has 1 atom stereocenters. The van der Waals surface area contributed by atoms with Crippen LogP contribution in [0.2, 0.25) is 0 Å². The molecule has 1 fully saturated rings. The molecule has 1 aliphatic rings. The number of aromatic nitrogens is 4. The van der Waals surface area contributed by atoms with E-state index in [9.17, 15) is 9.90 Å². The first-order valence-corrected chi connectivity index (χ1v) is 8.34. The number of pyridine rings is 2. The van der Waals surface area contributed by atoms with Crippen LogP contribution in [0, 0.1) is 5.92 Å². The molecule has 3 aromatic rings. The van der Waals surface area contributed by atoms with Crippen LogP contribution in [0.1, 0.15) is 23.2 Å². The molecule has 3 N–H and O–H groups in total. The summed E-state index contributed by atoms with van der Waals surface area (Å²) < 4.78 is 1.80. The van der Waals surface area contributed by atoms with Gasteiger partial charge in [0.1, 0.15) is 12.0 Å². The topological polar surface area (TPSA) is 105 Å². The van der Waals surface area contributed by atoms with Crippen LogP contribution in [0.5, 0.6) is 0 Å². The zero-order valence-electron chi connectivity index (χ0n) is 13.9. The molecule has 26 heavy (non-hydrogen) atoms. The monoisotopic (exact) mass is 350 g/mol. The van der Waals surface area contributed by atoms with Crippen LogP contribution >= 0.6 is 0 Å². The van der Waals surface area contributed by atoms with Crippen molar-refractivity contribution in [2.24, 2.45) is 5.92 Å². The van der Waals surface area contributed by atoms with Gasteiger partial charge in [-0.25, -0.2) is 9.97 Å². The van der Waals surface area contributed by atoms with Crippen molar-refractivity contribution in [1.82, 2.24) is 19.5 Å². The van der Waals surface area contributed by atoms with E-state index in [4.69, 9.17) is 0 Å². The quantitative estimate of drug-likeness (QED) is 0.588. The molecule has 0 saturated heterocycles. The maximum absolute atomic E-state index is 12.5. The SMILES string of the molecule is O=C(Nc1cncc(-n2ccnc2)c1)c1ccnc(NC(O)C2CC2)c1. The third-order valence-electron chi connectivity index (χ3n) is 4.17. The number of carbonyl (C=O) groups excluding carboxylic acids is 1. The smallest absolute Gasteiger partial charge is 0.255 e. The van der Waals surface area contributed by atoms with E-state index >= 15 is 0 Å². The van der Waals surface area contributed by atoms with Crippen molar-refractivity contribution >= 4 is 17.4 Å². The van der Waals surface area contributed by atoms with Gasteiger partial charge in [-0.05, 0) is 31.0 Å². The Balaban J connectivity index is 1.47. The van der Waals surface area contributed by atoms with E-state index < -0.39 is 6.23 Å². The van der Waals surface area contributed by atoms with Crippen molar-refractivity contribution in [1.29, 1.82) is 0 Å². The minimum absolute atomic E-state index is 0.270. The van der Waals surface area contributed by atoms with Gasteiger partial charge in [-0.1, -0.05) is 0 Å². The maximum Gasteiger partial charge on any atom is 0.255 e. The number of anilines is 2. The third-order valence-corrected chi connectivity index (χ3v) is 4.17. The maximum atomic E-state index is 12.5. The Morgan fingerprint density at radius 3 is 2.88 bits per heavy atom. The summed E-state index contributed by atoms with van der Waals surface area (Å²) in [7, 11) is 0. The van der Waals surface area contributed by atoms with Gasteiger partial charge in [0, 0.05) is 30.1 Å². The van der Waals surface area contributed by atoms with Crippen LogP contribution in [0.15, 0.2) is 55.5 Å². The summed E-state index contributed by atoms with van der Waals surface area (Å²) in [6.45, 7) is 0. The minimum atomic E-state index is -0.628. The number of hydrogen-bond acceptors (Lipinski definition) is 6. The number of nitrogens with zero attached hydrogens (tertiary/aromatic N) is 4. The van der Waals surface area contributed by atoms with Gasteiger partial charge in [0.15, 0.2) is 0 Å². The van der Waals surface area contributed by atoms with Gasteiger partial charge in [0.25, 0.3) is 5.91 Å². The number of aliphatic hydroxyl groups is 1.